The standard InChI is InChI=1S/C21H22N4O4/c1-4-29-19-12-14(7-9-16(19)17-6-5-11-22-25-17)23-21(26)24-18-10-8-15(27-2)13-20(18)28-3/h5-13,16H,4H2,1-3H3,(H,24,26)/b23-14+. The predicted octanol–water partition coefficient (Wildman–Crippen LogP) is 3.74. The Balaban J connectivity index is 1.79. The van der Waals surface area contributed by atoms with Crippen molar-refractivity contribution >= 4 is 17.4 Å². The third-order valence-corrected chi connectivity index (χ3v) is 4.16. The summed E-state index contributed by atoms with van der Waals surface area (Å²) in [6, 6.07) is 8.27. The molecule has 1 N–H and O–H groups in total. The minimum Gasteiger partial charge on any atom is -0.497 e. The fourth-order valence-electron chi connectivity index (χ4n) is 2.83. The summed E-state index contributed by atoms with van der Waals surface area (Å²) in [4.78, 5) is 16.5. The van der Waals surface area contributed by atoms with E-state index in [-0.39, 0.29) is 5.92 Å². The molecule has 0 aliphatic heterocycles. The Morgan fingerprint density at radius 2 is 2.10 bits per heavy atom. The molecule has 8 heteroatoms. The molecule has 8 nitrogen and oxygen atoms in total. The number of anilines is 1. The van der Waals surface area contributed by atoms with E-state index < -0.39 is 6.03 Å². The first-order chi connectivity index (χ1) is 14.1. The van der Waals surface area contributed by atoms with Gasteiger partial charge in [0.1, 0.15) is 17.3 Å². The number of benzene rings is 1. The van der Waals surface area contributed by atoms with Crippen molar-refractivity contribution < 1.29 is 19.0 Å². The molecule has 1 aliphatic rings. The highest BCUT2D eigenvalue weighted by molar-refractivity contribution is 6.12. The van der Waals surface area contributed by atoms with E-state index in [1.807, 2.05) is 25.1 Å². The van der Waals surface area contributed by atoms with Gasteiger partial charge < -0.3 is 19.5 Å². The van der Waals surface area contributed by atoms with Crippen molar-refractivity contribution in [3.63, 3.8) is 0 Å². The molecule has 1 atom stereocenters. The summed E-state index contributed by atoms with van der Waals surface area (Å²) in [5, 5.41) is 10.8. The van der Waals surface area contributed by atoms with Crippen LogP contribution in [0.2, 0.25) is 0 Å². The molecule has 0 saturated heterocycles. The van der Waals surface area contributed by atoms with Crippen molar-refractivity contribution in [2.24, 2.45) is 4.99 Å². The van der Waals surface area contributed by atoms with Crippen LogP contribution in [0.4, 0.5) is 10.5 Å². The second-order valence-corrected chi connectivity index (χ2v) is 6.00. The molecule has 150 valence electrons. The predicted molar refractivity (Wildman–Crippen MR) is 110 cm³/mol. The molecule has 29 heavy (non-hydrogen) atoms. The van der Waals surface area contributed by atoms with Crippen LogP contribution in [0.25, 0.3) is 0 Å². The maximum atomic E-state index is 12.4. The first kappa shape index (κ1) is 20.1. The molecular weight excluding hydrogens is 372 g/mol. The van der Waals surface area contributed by atoms with E-state index in [4.69, 9.17) is 14.2 Å². The van der Waals surface area contributed by atoms with Gasteiger partial charge in [-0.25, -0.2) is 4.79 Å². The van der Waals surface area contributed by atoms with E-state index in [1.54, 1.807) is 43.7 Å². The smallest absolute Gasteiger partial charge is 0.346 e. The summed E-state index contributed by atoms with van der Waals surface area (Å²) in [6.07, 6.45) is 6.99. The molecule has 0 radical (unpaired) electrons. The highest BCUT2D eigenvalue weighted by Gasteiger charge is 2.21. The number of rotatable bonds is 6. The molecule has 2 aromatic rings. The van der Waals surface area contributed by atoms with E-state index in [0.717, 1.165) is 5.69 Å². The average Bonchev–Trinajstić information content (AvgIpc) is 2.75. The largest absolute Gasteiger partial charge is 0.497 e. The van der Waals surface area contributed by atoms with Crippen molar-refractivity contribution in [2.45, 2.75) is 12.8 Å². The minimum absolute atomic E-state index is 0.174. The lowest BCUT2D eigenvalue weighted by Crippen LogP contribution is -2.15. The van der Waals surface area contributed by atoms with Crippen LogP contribution >= 0.6 is 0 Å². The number of allylic oxidation sites excluding steroid dienone is 3. The van der Waals surface area contributed by atoms with Crippen LogP contribution < -0.4 is 14.8 Å². The topological polar surface area (TPSA) is 94.9 Å². The van der Waals surface area contributed by atoms with Gasteiger partial charge in [-0.3, -0.25) is 0 Å². The van der Waals surface area contributed by atoms with Crippen LogP contribution in [0.15, 0.2) is 65.5 Å². The maximum Gasteiger partial charge on any atom is 0.346 e. The van der Waals surface area contributed by atoms with Gasteiger partial charge >= 0.3 is 6.03 Å². The molecule has 1 unspecified atom stereocenters. The number of amides is 2. The highest BCUT2D eigenvalue weighted by atomic mass is 16.5. The van der Waals surface area contributed by atoms with E-state index in [1.165, 1.54) is 7.11 Å². The van der Waals surface area contributed by atoms with Crippen LogP contribution in [-0.2, 0) is 4.74 Å². The molecule has 3 rings (SSSR count). The molecule has 0 fully saturated rings. The zero-order valence-electron chi connectivity index (χ0n) is 16.5. The van der Waals surface area contributed by atoms with Crippen molar-refractivity contribution in [1.82, 2.24) is 10.2 Å². The summed E-state index contributed by atoms with van der Waals surface area (Å²) >= 11 is 0. The SMILES string of the molecule is CCOC1=C/C(=N/C(=O)Nc2ccc(OC)cc2OC)C=CC1c1cccnn1. The van der Waals surface area contributed by atoms with E-state index in [9.17, 15) is 4.79 Å². The second kappa shape index (κ2) is 9.50. The van der Waals surface area contributed by atoms with Gasteiger partial charge in [0.2, 0.25) is 0 Å². The normalized spacial score (nSPS) is 16.9. The van der Waals surface area contributed by atoms with Gasteiger partial charge in [-0.1, -0.05) is 6.08 Å². The average molecular weight is 394 g/mol. The number of carbonyl (C=O) groups excluding carboxylic acids is 1. The Kier molecular flexibility index (Phi) is 6.57. The van der Waals surface area contributed by atoms with Gasteiger partial charge in [-0.15, -0.1) is 0 Å². The van der Waals surface area contributed by atoms with Crippen LogP contribution in [-0.4, -0.2) is 42.8 Å². The lowest BCUT2D eigenvalue weighted by molar-refractivity contribution is 0.215. The van der Waals surface area contributed by atoms with Gasteiger partial charge in [-0.2, -0.15) is 15.2 Å². The molecule has 0 spiro atoms. The molecule has 1 heterocycles. The molecule has 2 amide bonds. The summed E-state index contributed by atoms with van der Waals surface area (Å²) < 4.78 is 16.2. The fourth-order valence-corrected chi connectivity index (χ4v) is 2.83. The Morgan fingerprint density at radius 3 is 2.79 bits per heavy atom. The number of carbonyl (C=O) groups is 1. The van der Waals surface area contributed by atoms with Crippen LogP contribution in [0.1, 0.15) is 18.5 Å². The second-order valence-electron chi connectivity index (χ2n) is 6.00. The van der Waals surface area contributed by atoms with Crippen molar-refractivity contribution in [2.75, 3.05) is 26.1 Å². The van der Waals surface area contributed by atoms with Crippen molar-refractivity contribution in [3.05, 3.63) is 66.2 Å². The quantitative estimate of drug-likeness (QED) is 0.802. The van der Waals surface area contributed by atoms with Crippen molar-refractivity contribution in [3.8, 4) is 11.5 Å². The molecule has 1 aromatic carbocycles. The Morgan fingerprint density at radius 1 is 1.24 bits per heavy atom. The van der Waals surface area contributed by atoms with Crippen molar-refractivity contribution in [1.29, 1.82) is 0 Å². The number of nitrogens with one attached hydrogen (secondary N) is 1. The van der Waals surface area contributed by atoms with Gasteiger partial charge in [0.15, 0.2) is 0 Å². The summed E-state index contributed by atoms with van der Waals surface area (Å²) in [5.41, 5.74) is 1.72. The number of aliphatic imine (C=N–C) groups is 1. The van der Waals surface area contributed by atoms with E-state index in [2.05, 4.69) is 20.5 Å². The zero-order valence-corrected chi connectivity index (χ0v) is 16.5. The minimum atomic E-state index is -0.529. The Hall–Kier alpha value is -3.68. The Labute approximate surface area is 168 Å². The molecular formula is C21H22N4O4. The number of ether oxygens (including phenoxy) is 3. The number of hydrogen-bond donors (Lipinski definition) is 1. The zero-order chi connectivity index (χ0) is 20.6. The fraction of sp³-hybridized carbons (Fsp3) is 0.238. The molecule has 1 aliphatic carbocycles. The molecule has 1 aromatic heterocycles. The van der Waals surface area contributed by atoms with E-state index >= 15 is 0 Å². The first-order valence-electron chi connectivity index (χ1n) is 9.06. The van der Waals surface area contributed by atoms with Crippen LogP contribution in [0.3, 0.4) is 0 Å². The third-order valence-electron chi connectivity index (χ3n) is 4.16. The summed E-state index contributed by atoms with van der Waals surface area (Å²) in [6.45, 7) is 2.38. The van der Waals surface area contributed by atoms with E-state index in [0.29, 0.717) is 35.3 Å². The number of urea groups is 1. The first-order valence-corrected chi connectivity index (χ1v) is 9.06. The number of nitrogens with zero attached hydrogens (tertiary/aromatic N) is 3. The van der Waals surface area contributed by atoms with Gasteiger partial charge in [0.25, 0.3) is 0 Å². The Bertz CT molecular complexity index is 954. The molecule has 0 saturated carbocycles. The maximum absolute atomic E-state index is 12.4. The number of aromatic nitrogens is 2. The number of methoxy groups -OCH3 is 2. The summed E-state index contributed by atoms with van der Waals surface area (Å²) in [5.74, 6) is 1.59. The van der Waals surface area contributed by atoms with Gasteiger partial charge in [0, 0.05) is 18.3 Å². The molecule has 0 bridgehead atoms. The monoisotopic (exact) mass is 394 g/mol. The van der Waals surface area contributed by atoms with Crippen LogP contribution in [0, 0.1) is 0 Å². The van der Waals surface area contributed by atoms with Gasteiger partial charge in [0.05, 0.1) is 43.8 Å². The lowest BCUT2D eigenvalue weighted by Gasteiger charge is -2.19. The lowest BCUT2D eigenvalue weighted by atomic mass is 9.96. The number of hydrogen-bond acceptors (Lipinski definition) is 6. The van der Waals surface area contributed by atoms with Crippen LogP contribution in [0.5, 0.6) is 11.5 Å². The van der Waals surface area contributed by atoms with Gasteiger partial charge in [-0.05, 0) is 37.3 Å². The summed E-state index contributed by atoms with van der Waals surface area (Å²) in [7, 11) is 3.08. The third kappa shape index (κ3) is 4.98. The highest BCUT2D eigenvalue weighted by Crippen LogP contribution is 2.30.